The zero-order chi connectivity index (χ0) is 17.4. The third-order valence-electron chi connectivity index (χ3n) is 3.41. The van der Waals surface area contributed by atoms with Crippen LogP contribution in [0, 0.1) is 6.92 Å². The molecule has 3 rings (SSSR count). The fraction of sp³-hybridized carbons (Fsp3) is 0.125. The van der Waals surface area contributed by atoms with Crippen LogP contribution in [0.15, 0.2) is 38.6 Å². The summed E-state index contributed by atoms with van der Waals surface area (Å²) in [6.45, 7) is 1.12. The lowest BCUT2D eigenvalue weighted by molar-refractivity contribution is -0.140. The van der Waals surface area contributed by atoms with Crippen molar-refractivity contribution >= 4 is 45.9 Å². The van der Waals surface area contributed by atoms with Gasteiger partial charge in [-0.3, -0.25) is 24.1 Å². The summed E-state index contributed by atoms with van der Waals surface area (Å²) in [5.41, 5.74) is 1.09. The Labute approximate surface area is 139 Å². The molecule has 1 aromatic heterocycles. The molecule has 0 radical (unpaired) electrons. The van der Waals surface area contributed by atoms with Crippen LogP contribution in [-0.4, -0.2) is 33.7 Å². The third kappa shape index (κ3) is 2.83. The van der Waals surface area contributed by atoms with Crippen LogP contribution in [0.1, 0.15) is 11.1 Å². The number of carboxylic acid groups (broad SMARTS) is 1. The summed E-state index contributed by atoms with van der Waals surface area (Å²) in [6, 6.07) is 5.16. The number of carboxylic acids is 1. The number of imide groups is 1. The van der Waals surface area contributed by atoms with Crippen molar-refractivity contribution in [2.75, 3.05) is 6.54 Å². The normalized spacial score (nSPS) is 16.4. The van der Waals surface area contributed by atoms with E-state index in [1.165, 1.54) is 12.3 Å². The topological polar surface area (TPSA) is 105 Å². The summed E-state index contributed by atoms with van der Waals surface area (Å²) in [6.07, 6.45) is 2.46. The predicted molar refractivity (Wildman–Crippen MR) is 87.5 cm³/mol. The maximum atomic E-state index is 12.5. The van der Waals surface area contributed by atoms with Gasteiger partial charge >= 0.3 is 5.97 Å². The molecule has 0 spiro atoms. The van der Waals surface area contributed by atoms with Gasteiger partial charge in [0.05, 0.1) is 15.9 Å². The first-order chi connectivity index (χ1) is 11.4. The van der Waals surface area contributed by atoms with E-state index in [4.69, 9.17) is 9.52 Å². The first-order valence-corrected chi connectivity index (χ1v) is 7.68. The molecule has 8 heteroatoms. The first kappa shape index (κ1) is 16.0. The fourth-order valence-electron chi connectivity index (χ4n) is 2.27. The lowest BCUT2D eigenvalue weighted by Gasteiger charge is -2.07. The van der Waals surface area contributed by atoms with Gasteiger partial charge in [-0.05, 0) is 36.9 Å². The molecule has 2 aromatic rings. The van der Waals surface area contributed by atoms with E-state index in [1.54, 1.807) is 12.1 Å². The largest absolute Gasteiger partial charge is 0.480 e. The highest BCUT2D eigenvalue weighted by molar-refractivity contribution is 8.18. The van der Waals surface area contributed by atoms with Gasteiger partial charge in [0.1, 0.15) is 18.4 Å². The highest BCUT2D eigenvalue weighted by atomic mass is 32.2. The Hall–Kier alpha value is -2.87. The van der Waals surface area contributed by atoms with Crippen molar-refractivity contribution in [2.24, 2.45) is 0 Å². The molecule has 7 nitrogen and oxygen atoms in total. The van der Waals surface area contributed by atoms with E-state index >= 15 is 0 Å². The van der Waals surface area contributed by atoms with Crippen molar-refractivity contribution in [1.29, 1.82) is 0 Å². The van der Waals surface area contributed by atoms with Gasteiger partial charge in [0.2, 0.25) is 0 Å². The van der Waals surface area contributed by atoms with Crippen molar-refractivity contribution < 1.29 is 23.9 Å². The maximum Gasteiger partial charge on any atom is 0.323 e. The van der Waals surface area contributed by atoms with Gasteiger partial charge in [-0.2, -0.15) is 0 Å². The maximum absolute atomic E-state index is 12.5. The minimum absolute atomic E-state index is 0.0134. The molecule has 2 heterocycles. The SMILES string of the molecule is Cc1ccc2occ(/C=C3/SC(=O)N(CC(=O)O)C3=O)c(=O)c2c1. The van der Waals surface area contributed by atoms with Crippen LogP contribution in [0.4, 0.5) is 4.79 Å². The summed E-state index contributed by atoms with van der Waals surface area (Å²) in [5, 5.41) is 8.42. The third-order valence-corrected chi connectivity index (χ3v) is 4.32. The number of hydrogen-bond acceptors (Lipinski definition) is 6. The minimum atomic E-state index is -1.29. The van der Waals surface area contributed by atoms with Gasteiger partial charge in [0, 0.05) is 0 Å². The number of aryl methyl sites for hydroxylation is 1. The number of fused-ring (bicyclic) bond motifs is 1. The summed E-state index contributed by atoms with van der Waals surface area (Å²) >= 11 is 0.591. The van der Waals surface area contributed by atoms with Gasteiger partial charge in [-0.1, -0.05) is 11.6 Å². The number of nitrogens with zero attached hydrogens (tertiary/aromatic N) is 1. The Morgan fingerprint density at radius 2 is 2.08 bits per heavy atom. The molecule has 0 atom stereocenters. The van der Waals surface area contributed by atoms with E-state index in [2.05, 4.69) is 0 Å². The molecule has 24 heavy (non-hydrogen) atoms. The number of amides is 2. The van der Waals surface area contributed by atoms with E-state index in [0.717, 1.165) is 5.56 Å². The average molecular weight is 345 g/mol. The van der Waals surface area contributed by atoms with Crippen molar-refractivity contribution in [3.8, 4) is 0 Å². The average Bonchev–Trinajstić information content (AvgIpc) is 2.78. The van der Waals surface area contributed by atoms with Crippen LogP contribution in [0.2, 0.25) is 0 Å². The van der Waals surface area contributed by atoms with Crippen molar-refractivity contribution in [3.63, 3.8) is 0 Å². The molecule has 0 bridgehead atoms. The van der Waals surface area contributed by atoms with Crippen LogP contribution >= 0.6 is 11.8 Å². The zero-order valence-electron chi connectivity index (χ0n) is 12.4. The molecule has 1 saturated heterocycles. The Balaban J connectivity index is 2.03. The number of carbonyl (C=O) groups excluding carboxylic acids is 2. The van der Waals surface area contributed by atoms with E-state index in [9.17, 15) is 19.2 Å². The number of rotatable bonds is 3. The molecule has 0 aliphatic carbocycles. The van der Waals surface area contributed by atoms with Crippen LogP contribution in [0.5, 0.6) is 0 Å². The molecular weight excluding hydrogens is 334 g/mol. The van der Waals surface area contributed by atoms with Gasteiger partial charge in [0.25, 0.3) is 11.1 Å². The van der Waals surface area contributed by atoms with E-state index in [0.29, 0.717) is 27.6 Å². The van der Waals surface area contributed by atoms with Gasteiger partial charge in [0.15, 0.2) is 5.43 Å². The summed E-state index contributed by atoms with van der Waals surface area (Å²) in [4.78, 5) is 47.6. The van der Waals surface area contributed by atoms with E-state index < -0.39 is 23.7 Å². The van der Waals surface area contributed by atoms with Crippen molar-refractivity contribution in [3.05, 3.63) is 50.7 Å². The first-order valence-electron chi connectivity index (χ1n) is 6.86. The second-order valence-corrected chi connectivity index (χ2v) is 6.17. The predicted octanol–water partition coefficient (Wildman–Crippen LogP) is 2.22. The lowest BCUT2D eigenvalue weighted by atomic mass is 10.1. The Kier molecular flexibility index (Phi) is 3.98. The lowest BCUT2D eigenvalue weighted by Crippen LogP contribution is -2.33. The summed E-state index contributed by atoms with van der Waals surface area (Å²) < 4.78 is 5.38. The number of thioether (sulfide) groups is 1. The fourth-order valence-corrected chi connectivity index (χ4v) is 3.10. The van der Waals surface area contributed by atoms with Crippen molar-refractivity contribution in [1.82, 2.24) is 4.90 Å². The van der Waals surface area contributed by atoms with Crippen LogP contribution < -0.4 is 5.43 Å². The molecule has 0 saturated carbocycles. The highest BCUT2D eigenvalue weighted by Crippen LogP contribution is 2.31. The van der Waals surface area contributed by atoms with Crippen LogP contribution in [0.25, 0.3) is 17.0 Å². The number of aliphatic carboxylic acids is 1. The Morgan fingerprint density at radius 3 is 2.79 bits per heavy atom. The molecular formula is C16H11NO6S. The second-order valence-electron chi connectivity index (χ2n) is 5.18. The summed E-state index contributed by atoms with van der Waals surface area (Å²) in [5.74, 6) is -2.03. The molecule has 1 aromatic carbocycles. The van der Waals surface area contributed by atoms with Gasteiger partial charge in [-0.25, -0.2) is 0 Å². The quantitative estimate of drug-likeness (QED) is 0.850. The van der Waals surface area contributed by atoms with Gasteiger partial charge < -0.3 is 9.52 Å². The van der Waals surface area contributed by atoms with E-state index in [-0.39, 0.29) is 15.9 Å². The smallest absolute Gasteiger partial charge is 0.323 e. The Bertz CT molecular complexity index is 974. The number of benzene rings is 1. The Morgan fingerprint density at radius 1 is 1.33 bits per heavy atom. The molecule has 1 fully saturated rings. The number of hydrogen-bond donors (Lipinski definition) is 1. The zero-order valence-corrected chi connectivity index (χ0v) is 13.3. The van der Waals surface area contributed by atoms with Crippen LogP contribution in [-0.2, 0) is 9.59 Å². The second kappa shape index (κ2) is 5.97. The standard InChI is InChI=1S/C16H11NO6S/c1-8-2-3-11-10(4-8)14(20)9(7-23-11)5-12-15(21)17(6-13(18)19)16(22)24-12/h2-5,7H,6H2,1H3,(H,18,19)/b12-5+. The minimum Gasteiger partial charge on any atom is -0.480 e. The highest BCUT2D eigenvalue weighted by Gasteiger charge is 2.36. The molecule has 1 N–H and O–H groups in total. The molecule has 1 aliphatic rings. The monoisotopic (exact) mass is 345 g/mol. The summed E-state index contributed by atoms with van der Waals surface area (Å²) in [7, 11) is 0. The number of carbonyl (C=O) groups is 3. The molecule has 1 aliphatic heterocycles. The van der Waals surface area contributed by atoms with Gasteiger partial charge in [-0.15, -0.1) is 0 Å². The van der Waals surface area contributed by atoms with E-state index in [1.807, 2.05) is 13.0 Å². The van der Waals surface area contributed by atoms with Crippen molar-refractivity contribution in [2.45, 2.75) is 6.92 Å². The molecule has 122 valence electrons. The molecule has 2 amide bonds. The van der Waals surface area contributed by atoms with Crippen LogP contribution in [0.3, 0.4) is 0 Å². The molecule has 0 unspecified atom stereocenters.